The van der Waals surface area contributed by atoms with E-state index in [0.717, 1.165) is 34.0 Å². The van der Waals surface area contributed by atoms with Crippen molar-refractivity contribution in [1.82, 2.24) is 9.88 Å². The summed E-state index contributed by atoms with van der Waals surface area (Å²) >= 11 is 0.907. The molecule has 1 aromatic heterocycles. The molecule has 2 heterocycles. The van der Waals surface area contributed by atoms with Gasteiger partial charge in [-0.05, 0) is 46.1 Å². The van der Waals surface area contributed by atoms with Gasteiger partial charge in [0.1, 0.15) is 12.1 Å². The maximum absolute atomic E-state index is 15.0. The average Bonchev–Trinajstić information content (AvgIpc) is 3.34. The molecule has 224 valence electrons. The van der Waals surface area contributed by atoms with Gasteiger partial charge in [-0.1, -0.05) is 133 Å². The van der Waals surface area contributed by atoms with E-state index in [1.54, 1.807) is 6.20 Å². The molecule has 0 bridgehead atoms. The summed E-state index contributed by atoms with van der Waals surface area (Å²) in [5.74, 6) is -0.435. The fourth-order valence-electron chi connectivity index (χ4n) is 5.66. The van der Waals surface area contributed by atoms with Gasteiger partial charge in [0.05, 0.1) is 18.5 Å². The van der Waals surface area contributed by atoms with Gasteiger partial charge in [-0.2, -0.15) is 0 Å². The number of nitrogens with zero attached hydrogens (tertiary/aromatic N) is 3. The van der Waals surface area contributed by atoms with Gasteiger partial charge in [0.15, 0.2) is 0 Å². The molecule has 1 aliphatic heterocycles. The fraction of sp³-hybridized carbons (Fsp3) is 0.135. The monoisotopic (exact) mass is 613 g/mol. The van der Waals surface area contributed by atoms with Crippen molar-refractivity contribution in [3.63, 3.8) is 0 Å². The van der Waals surface area contributed by atoms with Crippen LogP contribution in [0.1, 0.15) is 27.9 Å². The number of hydrogen-bond acceptors (Lipinski definition) is 7. The van der Waals surface area contributed by atoms with Gasteiger partial charge in [-0.3, -0.25) is 19.5 Å². The highest BCUT2D eigenvalue weighted by Gasteiger charge is 2.61. The SMILES string of the molecule is O=C1SC(Cc2ccccc2)(OCCON=Cc2ccccn2)C(=O)N1C(c1ccccc1)(c1ccccc1)c1ccccc1. The molecule has 5 aromatic rings. The highest BCUT2D eigenvalue weighted by molar-refractivity contribution is 8.15. The Bertz CT molecular complexity index is 1640. The Hall–Kier alpha value is -5.05. The summed E-state index contributed by atoms with van der Waals surface area (Å²) in [6, 6.07) is 44.1. The zero-order valence-corrected chi connectivity index (χ0v) is 25.3. The second-order valence-electron chi connectivity index (χ2n) is 10.4. The number of carbonyl (C=O) groups is 2. The molecule has 0 spiro atoms. The van der Waals surface area contributed by atoms with Crippen LogP contribution < -0.4 is 0 Å². The van der Waals surface area contributed by atoms with Crippen molar-refractivity contribution in [2.75, 3.05) is 13.2 Å². The van der Waals surface area contributed by atoms with Gasteiger partial charge in [0, 0.05) is 12.6 Å². The minimum atomic E-state index is -1.53. The highest BCUT2D eigenvalue weighted by atomic mass is 32.2. The van der Waals surface area contributed by atoms with Crippen molar-refractivity contribution >= 4 is 29.1 Å². The fourth-order valence-corrected chi connectivity index (χ4v) is 6.81. The molecule has 6 rings (SSSR count). The molecule has 1 atom stereocenters. The zero-order valence-electron chi connectivity index (χ0n) is 24.4. The molecule has 1 unspecified atom stereocenters. The van der Waals surface area contributed by atoms with Crippen LogP contribution in [0.3, 0.4) is 0 Å². The first kappa shape index (κ1) is 30.0. The Balaban J connectivity index is 1.39. The largest absolute Gasteiger partial charge is 0.393 e. The summed E-state index contributed by atoms with van der Waals surface area (Å²) in [6.45, 7) is 0.102. The van der Waals surface area contributed by atoms with E-state index in [1.807, 2.05) is 140 Å². The van der Waals surface area contributed by atoms with Crippen LogP contribution in [0, 0.1) is 0 Å². The van der Waals surface area contributed by atoms with Gasteiger partial charge in [-0.25, -0.2) is 0 Å². The molecule has 1 aliphatic rings. The average molecular weight is 614 g/mol. The number of imide groups is 1. The standard InChI is InChI=1S/C37H31N3O4S/c41-34-36(27-29-15-5-1-6-16-29,43-25-26-44-39-28-33-23-13-14-24-38-33)45-35(42)40(34)37(30-17-7-2-8-18-30,31-19-9-3-10-20-31)32-21-11-4-12-22-32/h1-24,28H,25-27H2. The lowest BCUT2D eigenvalue weighted by Crippen LogP contribution is -2.54. The van der Waals surface area contributed by atoms with Gasteiger partial charge in [-0.15, -0.1) is 0 Å². The third-order valence-corrected chi connectivity index (χ3v) is 8.73. The molecule has 0 saturated carbocycles. The Labute approximate surface area is 266 Å². The predicted molar refractivity (Wildman–Crippen MR) is 176 cm³/mol. The highest BCUT2D eigenvalue weighted by Crippen LogP contribution is 2.51. The van der Waals surface area contributed by atoms with Gasteiger partial charge < -0.3 is 9.57 Å². The molecule has 7 nitrogen and oxygen atoms in total. The Kier molecular flexibility index (Phi) is 9.14. The smallest absolute Gasteiger partial charge is 0.293 e. The third-order valence-electron chi connectivity index (χ3n) is 7.61. The Morgan fingerprint density at radius 1 is 0.711 bits per heavy atom. The number of aromatic nitrogens is 1. The number of pyridine rings is 1. The van der Waals surface area contributed by atoms with Crippen LogP contribution in [-0.2, 0) is 26.3 Å². The maximum atomic E-state index is 15.0. The van der Waals surface area contributed by atoms with Crippen molar-refractivity contribution in [1.29, 1.82) is 0 Å². The molecule has 2 amide bonds. The van der Waals surface area contributed by atoms with E-state index >= 15 is 0 Å². The number of carbonyl (C=O) groups excluding carboxylic acids is 2. The molecule has 0 N–H and O–H groups in total. The van der Waals surface area contributed by atoms with Crippen LogP contribution in [0.15, 0.2) is 151 Å². The van der Waals surface area contributed by atoms with Crippen LogP contribution in [-0.4, -0.2) is 45.4 Å². The number of thioether (sulfide) groups is 1. The number of amides is 2. The van der Waals surface area contributed by atoms with Crippen LogP contribution in [0.5, 0.6) is 0 Å². The van der Waals surface area contributed by atoms with Gasteiger partial charge in [0.2, 0.25) is 4.93 Å². The van der Waals surface area contributed by atoms with E-state index in [0.29, 0.717) is 5.69 Å². The van der Waals surface area contributed by atoms with E-state index in [9.17, 15) is 9.59 Å². The maximum Gasteiger partial charge on any atom is 0.293 e. The third kappa shape index (κ3) is 6.16. The zero-order chi connectivity index (χ0) is 31.0. The second-order valence-corrected chi connectivity index (χ2v) is 11.6. The van der Waals surface area contributed by atoms with Crippen molar-refractivity contribution < 1.29 is 19.2 Å². The van der Waals surface area contributed by atoms with E-state index in [1.165, 1.54) is 11.1 Å². The topological polar surface area (TPSA) is 81.1 Å². The summed E-state index contributed by atoms with van der Waals surface area (Å²) in [5, 5.41) is 3.58. The number of rotatable bonds is 12. The Morgan fingerprint density at radius 2 is 1.24 bits per heavy atom. The first-order chi connectivity index (χ1) is 22.1. The summed E-state index contributed by atoms with van der Waals surface area (Å²) in [7, 11) is 0. The van der Waals surface area contributed by atoms with E-state index in [2.05, 4.69) is 10.1 Å². The second kappa shape index (κ2) is 13.7. The summed E-state index contributed by atoms with van der Waals surface area (Å²) in [6.07, 6.45) is 3.36. The number of oxime groups is 1. The van der Waals surface area contributed by atoms with Gasteiger partial charge >= 0.3 is 0 Å². The van der Waals surface area contributed by atoms with Crippen molar-refractivity contribution in [2.24, 2.45) is 5.16 Å². The number of ether oxygens (including phenoxy) is 1. The molecule has 45 heavy (non-hydrogen) atoms. The molecule has 0 radical (unpaired) electrons. The lowest BCUT2D eigenvalue weighted by Gasteiger charge is -2.42. The Morgan fingerprint density at radius 3 is 1.78 bits per heavy atom. The summed E-state index contributed by atoms with van der Waals surface area (Å²) < 4.78 is 6.40. The predicted octanol–water partition coefficient (Wildman–Crippen LogP) is 7.08. The first-order valence-corrected chi connectivity index (χ1v) is 15.4. The number of hydrogen-bond donors (Lipinski definition) is 0. The number of benzene rings is 4. The molecule has 0 aliphatic carbocycles. The molecule has 4 aromatic carbocycles. The molecular weight excluding hydrogens is 582 g/mol. The molecule has 1 fully saturated rings. The van der Waals surface area contributed by atoms with Crippen LogP contribution >= 0.6 is 11.8 Å². The normalized spacial score (nSPS) is 16.8. The quantitative estimate of drug-likeness (QED) is 0.0648. The van der Waals surface area contributed by atoms with Crippen molar-refractivity contribution in [3.8, 4) is 0 Å². The van der Waals surface area contributed by atoms with Crippen molar-refractivity contribution in [3.05, 3.63) is 174 Å². The minimum Gasteiger partial charge on any atom is -0.393 e. The van der Waals surface area contributed by atoms with E-state index in [-0.39, 0.29) is 19.6 Å². The molecular formula is C37H31N3O4S. The lowest BCUT2D eigenvalue weighted by molar-refractivity contribution is -0.146. The summed E-state index contributed by atoms with van der Waals surface area (Å²) in [4.78, 5) is 38.9. The van der Waals surface area contributed by atoms with Crippen molar-refractivity contribution in [2.45, 2.75) is 16.9 Å². The van der Waals surface area contributed by atoms with E-state index < -0.39 is 21.6 Å². The molecule has 1 saturated heterocycles. The van der Waals surface area contributed by atoms with E-state index in [4.69, 9.17) is 9.57 Å². The minimum absolute atomic E-state index is 0.0290. The van der Waals surface area contributed by atoms with Crippen LogP contribution in [0.2, 0.25) is 0 Å². The van der Waals surface area contributed by atoms with Crippen LogP contribution in [0.25, 0.3) is 0 Å². The van der Waals surface area contributed by atoms with Crippen LogP contribution in [0.4, 0.5) is 4.79 Å². The lowest BCUT2D eigenvalue weighted by atomic mass is 9.75. The van der Waals surface area contributed by atoms with Gasteiger partial charge in [0.25, 0.3) is 11.1 Å². The first-order valence-electron chi connectivity index (χ1n) is 14.6. The molecule has 8 heteroatoms. The summed E-state index contributed by atoms with van der Waals surface area (Å²) in [5.41, 5.74) is 2.62.